The van der Waals surface area contributed by atoms with Crippen molar-refractivity contribution >= 4 is 0 Å². The van der Waals surface area contributed by atoms with Crippen molar-refractivity contribution in [2.75, 3.05) is 13.2 Å². The number of nitrogens with two attached hydrogens (primary N) is 1. The number of hydrogen-bond donors (Lipinski definition) is 1. The zero-order chi connectivity index (χ0) is 13.7. The van der Waals surface area contributed by atoms with Gasteiger partial charge in [-0.2, -0.15) is 0 Å². The van der Waals surface area contributed by atoms with Gasteiger partial charge in [0.2, 0.25) is 0 Å². The zero-order valence-corrected chi connectivity index (χ0v) is 12.3. The molecular formula is C17H27NO. The van der Waals surface area contributed by atoms with E-state index in [2.05, 4.69) is 44.2 Å². The van der Waals surface area contributed by atoms with Crippen molar-refractivity contribution in [3.8, 4) is 0 Å². The van der Waals surface area contributed by atoms with Gasteiger partial charge in [0.05, 0.1) is 0 Å². The molecule has 2 heteroatoms. The highest BCUT2D eigenvalue weighted by atomic mass is 16.5. The molecule has 1 atom stereocenters. The molecule has 2 N–H and O–H groups in total. The Morgan fingerprint density at radius 3 is 2.26 bits per heavy atom. The van der Waals surface area contributed by atoms with Gasteiger partial charge in [-0.05, 0) is 37.2 Å². The molecule has 2 rings (SSSR count). The maximum absolute atomic E-state index is 6.73. The summed E-state index contributed by atoms with van der Waals surface area (Å²) in [6, 6.07) is 11.1. The fourth-order valence-corrected chi connectivity index (χ4v) is 3.62. The largest absolute Gasteiger partial charge is 0.381 e. The van der Waals surface area contributed by atoms with Crippen LogP contribution in [0.4, 0.5) is 0 Å². The normalized spacial score (nSPS) is 19.3. The van der Waals surface area contributed by atoms with Crippen LogP contribution < -0.4 is 5.73 Å². The lowest BCUT2D eigenvalue weighted by Crippen LogP contribution is -2.50. The average molecular weight is 261 g/mol. The fraction of sp³-hybridized carbons (Fsp3) is 0.647. The molecule has 0 amide bonds. The summed E-state index contributed by atoms with van der Waals surface area (Å²) in [7, 11) is 0. The molecule has 1 fully saturated rings. The second kappa shape index (κ2) is 6.53. The van der Waals surface area contributed by atoms with Crippen molar-refractivity contribution < 1.29 is 4.74 Å². The first kappa shape index (κ1) is 14.5. The average Bonchev–Trinajstić information content (AvgIpc) is 2.51. The molecule has 0 radical (unpaired) electrons. The SMILES string of the molecule is CCC(CC)(c1ccccc1)C(N)C1CCOCC1. The van der Waals surface area contributed by atoms with E-state index in [1.54, 1.807) is 0 Å². The number of hydrogen-bond acceptors (Lipinski definition) is 2. The first-order valence-corrected chi connectivity index (χ1v) is 7.63. The van der Waals surface area contributed by atoms with E-state index in [1.807, 2.05) is 0 Å². The minimum atomic E-state index is 0.114. The smallest absolute Gasteiger partial charge is 0.0469 e. The molecule has 0 bridgehead atoms. The first-order chi connectivity index (χ1) is 9.24. The molecule has 1 aromatic rings. The highest BCUT2D eigenvalue weighted by Crippen LogP contribution is 2.39. The van der Waals surface area contributed by atoms with E-state index in [0.29, 0.717) is 5.92 Å². The van der Waals surface area contributed by atoms with Crippen LogP contribution in [0, 0.1) is 5.92 Å². The van der Waals surface area contributed by atoms with Crippen LogP contribution in [0.5, 0.6) is 0 Å². The van der Waals surface area contributed by atoms with Gasteiger partial charge in [0.1, 0.15) is 0 Å². The van der Waals surface area contributed by atoms with Crippen LogP contribution in [0.25, 0.3) is 0 Å². The molecule has 0 spiro atoms. The highest BCUT2D eigenvalue weighted by Gasteiger charge is 2.39. The molecule has 0 aromatic heterocycles. The number of benzene rings is 1. The molecule has 1 heterocycles. The Bertz CT molecular complexity index is 366. The third-order valence-corrected chi connectivity index (χ3v) is 5.02. The fourth-order valence-electron chi connectivity index (χ4n) is 3.62. The summed E-state index contributed by atoms with van der Waals surface area (Å²) >= 11 is 0. The van der Waals surface area contributed by atoms with E-state index in [-0.39, 0.29) is 11.5 Å². The molecule has 1 aliphatic rings. The lowest BCUT2D eigenvalue weighted by molar-refractivity contribution is 0.0454. The molecule has 1 saturated heterocycles. The predicted molar refractivity (Wildman–Crippen MR) is 80.2 cm³/mol. The Kier molecular flexibility index (Phi) is 5.00. The van der Waals surface area contributed by atoms with E-state index < -0.39 is 0 Å². The van der Waals surface area contributed by atoms with Crippen LogP contribution in [0.15, 0.2) is 30.3 Å². The summed E-state index contributed by atoms with van der Waals surface area (Å²) in [4.78, 5) is 0. The summed E-state index contributed by atoms with van der Waals surface area (Å²) in [6.07, 6.45) is 4.42. The summed E-state index contributed by atoms with van der Waals surface area (Å²) in [5, 5.41) is 0. The molecule has 1 aliphatic heterocycles. The van der Waals surface area contributed by atoms with E-state index in [0.717, 1.165) is 38.9 Å². The molecule has 0 aliphatic carbocycles. The maximum Gasteiger partial charge on any atom is 0.0469 e. The van der Waals surface area contributed by atoms with Crippen molar-refractivity contribution in [1.29, 1.82) is 0 Å². The minimum absolute atomic E-state index is 0.114. The molecule has 1 aromatic carbocycles. The van der Waals surface area contributed by atoms with E-state index >= 15 is 0 Å². The Labute approximate surface area is 117 Å². The Hall–Kier alpha value is -0.860. The van der Waals surface area contributed by atoms with Crippen molar-refractivity contribution in [2.45, 2.75) is 51.0 Å². The van der Waals surface area contributed by atoms with E-state index in [4.69, 9.17) is 10.5 Å². The highest BCUT2D eigenvalue weighted by molar-refractivity contribution is 5.28. The molecule has 19 heavy (non-hydrogen) atoms. The summed E-state index contributed by atoms with van der Waals surface area (Å²) < 4.78 is 5.48. The standard InChI is InChI=1S/C17H27NO/c1-3-17(4-2,15-8-6-5-7-9-15)16(18)14-10-12-19-13-11-14/h5-9,14,16H,3-4,10-13,18H2,1-2H3. The third kappa shape index (κ3) is 2.85. The van der Waals surface area contributed by atoms with Crippen molar-refractivity contribution in [1.82, 2.24) is 0 Å². The van der Waals surface area contributed by atoms with Gasteiger partial charge in [-0.3, -0.25) is 0 Å². The monoisotopic (exact) mass is 261 g/mol. The first-order valence-electron chi connectivity index (χ1n) is 7.63. The number of ether oxygens (including phenoxy) is 1. The molecule has 2 nitrogen and oxygen atoms in total. The molecule has 0 saturated carbocycles. The van der Waals surface area contributed by atoms with Gasteiger partial charge in [-0.25, -0.2) is 0 Å². The second-order valence-electron chi connectivity index (χ2n) is 5.70. The van der Waals surface area contributed by atoms with E-state index in [9.17, 15) is 0 Å². The topological polar surface area (TPSA) is 35.2 Å². The van der Waals surface area contributed by atoms with Crippen LogP contribution in [-0.2, 0) is 10.2 Å². The van der Waals surface area contributed by atoms with Gasteiger partial charge < -0.3 is 10.5 Å². The molecule has 1 unspecified atom stereocenters. The van der Waals surface area contributed by atoms with Crippen molar-refractivity contribution in [3.05, 3.63) is 35.9 Å². The van der Waals surface area contributed by atoms with Crippen LogP contribution in [-0.4, -0.2) is 19.3 Å². The van der Waals surface area contributed by atoms with Crippen LogP contribution >= 0.6 is 0 Å². The summed E-state index contributed by atoms with van der Waals surface area (Å²) in [5.41, 5.74) is 8.24. The predicted octanol–water partition coefficient (Wildman–Crippen LogP) is 3.50. The van der Waals surface area contributed by atoms with Crippen molar-refractivity contribution in [2.24, 2.45) is 11.7 Å². The number of rotatable bonds is 5. The second-order valence-corrected chi connectivity index (χ2v) is 5.70. The van der Waals surface area contributed by atoms with Gasteiger partial charge in [0.25, 0.3) is 0 Å². The third-order valence-electron chi connectivity index (χ3n) is 5.02. The zero-order valence-electron chi connectivity index (χ0n) is 12.3. The van der Waals surface area contributed by atoms with Crippen LogP contribution in [0.1, 0.15) is 45.1 Å². The van der Waals surface area contributed by atoms with Crippen LogP contribution in [0.3, 0.4) is 0 Å². The lowest BCUT2D eigenvalue weighted by atomic mass is 9.65. The minimum Gasteiger partial charge on any atom is -0.381 e. The lowest BCUT2D eigenvalue weighted by Gasteiger charge is -2.43. The Morgan fingerprint density at radius 1 is 1.16 bits per heavy atom. The van der Waals surface area contributed by atoms with Gasteiger partial charge >= 0.3 is 0 Å². The molecular weight excluding hydrogens is 234 g/mol. The quantitative estimate of drug-likeness (QED) is 0.880. The van der Waals surface area contributed by atoms with E-state index in [1.165, 1.54) is 5.56 Å². The summed E-state index contributed by atoms with van der Waals surface area (Å²) in [6.45, 7) is 6.29. The van der Waals surface area contributed by atoms with Gasteiger partial charge in [-0.15, -0.1) is 0 Å². The maximum atomic E-state index is 6.73. The van der Waals surface area contributed by atoms with Crippen LogP contribution in [0.2, 0.25) is 0 Å². The van der Waals surface area contributed by atoms with Crippen molar-refractivity contribution in [3.63, 3.8) is 0 Å². The Balaban J connectivity index is 2.27. The summed E-state index contributed by atoms with van der Waals surface area (Å²) in [5.74, 6) is 0.592. The Morgan fingerprint density at radius 2 is 1.74 bits per heavy atom. The van der Waals surface area contributed by atoms with Gasteiger partial charge in [0.15, 0.2) is 0 Å². The molecule has 106 valence electrons. The van der Waals surface area contributed by atoms with Gasteiger partial charge in [0, 0.05) is 24.7 Å². The van der Waals surface area contributed by atoms with Gasteiger partial charge in [-0.1, -0.05) is 44.2 Å².